The number of nitrogens with one attached hydrogen (secondary N) is 1. The van der Waals surface area contributed by atoms with Gasteiger partial charge in [0.25, 0.3) is 0 Å². The number of hydrogen-bond acceptors (Lipinski definition) is 3. The molecule has 1 N–H and O–H groups in total. The van der Waals surface area contributed by atoms with Crippen LogP contribution in [-0.4, -0.2) is 9.97 Å². The van der Waals surface area contributed by atoms with Crippen LogP contribution in [0.15, 0.2) is 41.1 Å². The second kappa shape index (κ2) is 4.59. The molecular formula is C10H7BrClN3. The molecule has 1 aromatic carbocycles. The zero-order valence-corrected chi connectivity index (χ0v) is 9.96. The summed E-state index contributed by atoms with van der Waals surface area (Å²) in [5, 5.41) is 3.47. The zero-order valence-electron chi connectivity index (χ0n) is 7.61. The highest BCUT2D eigenvalue weighted by molar-refractivity contribution is 9.10. The molecule has 0 radical (unpaired) electrons. The molecule has 0 atom stereocenters. The summed E-state index contributed by atoms with van der Waals surface area (Å²) in [4.78, 5) is 8.00. The number of rotatable bonds is 2. The fourth-order valence-corrected chi connectivity index (χ4v) is 1.50. The Morgan fingerprint density at radius 2 is 1.87 bits per heavy atom. The summed E-state index contributed by atoms with van der Waals surface area (Å²) in [6.07, 6.45) is 3.11. The van der Waals surface area contributed by atoms with E-state index in [4.69, 9.17) is 11.6 Å². The van der Waals surface area contributed by atoms with Gasteiger partial charge in [-0.3, -0.25) is 4.98 Å². The van der Waals surface area contributed by atoms with Crippen molar-refractivity contribution in [2.24, 2.45) is 0 Å². The van der Waals surface area contributed by atoms with Crippen molar-refractivity contribution in [2.75, 3.05) is 5.32 Å². The maximum absolute atomic E-state index is 5.72. The van der Waals surface area contributed by atoms with Crippen LogP contribution in [0.5, 0.6) is 0 Å². The van der Waals surface area contributed by atoms with Gasteiger partial charge in [0.05, 0.1) is 12.4 Å². The van der Waals surface area contributed by atoms with Gasteiger partial charge in [0.15, 0.2) is 5.82 Å². The molecule has 0 unspecified atom stereocenters. The highest BCUT2D eigenvalue weighted by Gasteiger charge is 1.97. The molecular weight excluding hydrogens is 277 g/mol. The lowest BCUT2D eigenvalue weighted by molar-refractivity contribution is 1.20. The number of hydrogen-bond donors (Lipinski definition) is 1. The fourth-order valence-electron chi connectivity index (χ4n) is 1.08. The van der Waals surface area contributed by atoms with Gasteiger partial charge >= 0.3 is 0 Å². The van der Waals surface area contributed by atoms with Crippen LogP contribution < -0.4 is 5.32 Å². The summed E-state index contributed by atoms with van der Waals surface area (Å²) >= 11 is 9.08. The van der Waals surface area contributed by atoms with Crippen LogP contribution in [0.2, 0.25) is 5.15 Å². The first kappa shape index (κ1) is 10.4. The minimum Gasteiger partial charge on any atom is -0.339 e. The van der Waals surface area contributed by atoms with Crippen molar-refractivity contribution in [3.05, 3.63) is 46.3 Å². The van der Waals surface area contributed by atoms with E-state index in [9.17, 15) is 0 Å². The van der Waals surface area contributed by atoms with Crippen LogP contribution in [0, 0.1) is 0 Å². The number of benzene rings is 1. The molecule has 0 saturated heterocycles. The Balaban J connectivity index is 2.18. The summed E-state index contributed by atoms with van der Waals surface area (Å²) in [7, 11) is 0. The molecule has 0 spiro atoms. The molecule has 0 aliphatic rings. The predicted octanol–water partition coefficient (Wildman–Crippen LogP) is 3.64. The van der Waals surface area contributed by atoms with E-state index in [1.54, 1.807) is 6.20 Å². The molecule has 76 valence electrons. The molecule has 15 heavy (non-hydrogen) atoms. The zero-order chi connectivity index (χ0) is 10.7. The van der Waals surface area contributed by atoms with Crippen molar-refractivity contribution in [1.82, 2.24) is 9.97 Å². The van der Waals surface area contributed by atoms with Crippen molar-refractivity contribution in [3.8, 4) is 0 Å². The first-order valence-electron chi connectivity index (χ1n) is 4.24. The Hall–Kier alpha value is -1.13. The largest absolute Gasteiger partial charge is 0.339 e. The molecule has 5 heteroatoms. The molecule has 0 fully saturated rings. The average molecular weight is 285 g/mol. The van der Waals surface area contributed by atoms with E-state index < -0.39 is 0 Å². The van der Waals surface area contributed by atoms with Crippen LogP contribution in [-0.2, 0) is 0 Å². The van der Waals surface area contributed by atoms with Gasteiger partial charge in [0, 0.05) is 10.2 Å². The molecule has 1 aromatic heterocycles. The number of anilines is 2. The van der Waals surface area contributed by atoms with Gasteiger partial charge in [-0.25, -0.2) is 4.98 Å². The van der Waals surface area contributed by atoms with Crippen molar-refractivity contribution in [1.29, 1.82) is 0 Å². The van der Waals surface area contributed by atoms with Gasteiger partial charge in [-0.1, -0.05) is 27.5 Å². The maximum Gasteiger partial charge on any atom is 0.150 e. The molecule has 0 aliphatic heterocycles. The summed E-state index contributed by atoms with van der Waals surface area (Å²) in [5.74, 6) is 0.629. The monoisotopic (exact) mass is 283 g/mol. The number of halogens is 2. The van der Waals surface area contributed by atoms with E-state index in [1.807, 2.05) is 24.3 Å². The molecule has 0 aliphatic carbocycles. The summed E-state index contributed by atoms with van der Waals surface area (Å²) in [6.45, 7) is 0. The third kappa shape index (κ3) is 2.91. The van der Waals surface area contributed by atoms with Gasteiger partial charge in [0.1, 0.15) is 5.15 Å². The maximum atomic E-state index is 5.72. The predicted molar refractivity (Wildman–Crippen MR) is 64.5 cm³/mol. The fraction of sp³-hybridized carbons (Fsp3) is 0. The van der Waals surface area contributed by atoms with E-state index >= 15 is 0 Å². The summed E-state index contributed by atoms with van der Waals surface area (Å²) in [6, 6.07) is 7.76. The van der Waals surface area contributed by atoms with Crippen molar-refractivity contribution >= 4 is 39.0 Å². The molecule has 0 saturated carbocycles. The van der Waals surface area contributed by atoms with E-state index in [0.29, 0.717) is 11.0 Å². The number of nitrogens with zero attached hydrogens (tertiary/aromatic N) is 2. The van der Waals surface area contributed by atoms with Crippen LogP contribution in [0.25, 0.3) is 0 Å². The third-order valence-electron chi connectivity index (χ3n) is 1.72. The van der Waals surface area contributed by atoms with E-state index in [2.05, 4.69) is 31.2 Å². The molecule has 3 nitrogen and oxygen atoms in total. The molecule has 0 amide bonds. The Labute approximate surface area is 101 Å². The standard InChI is InChI=1S/C10H7BrClN3/c11-7-1-3-8(4-2-7)14-10-6-13-5-9(12)15-10/h1-6H,(H,14,15). The first-order valence-corrected chi connectivity index (χ1v) is 5.41. The van der Waals surface area contributed by atoms with Crippen molar-refractivity contribution in [3.63, 3.8) is 0 Å². The van der Waals surface area contributed by atoms with Crippen LogP contribution in [0.3, 0.4) is 0 Å². The van der Waals surface area contributed by atoms with Gasteiger partial charge < -0.3 is 5.32 Å². The average Bonchev–Trinajstić information content (AvgIpc) is 2.22. The molecule has 2 aromatic rings. The van der Waals surface area contributed by atoms with E-state index in [1.165, 1.54) is 6.20 Å². The highest BCUT2D eigenvalue weighted by Crippen LogP contribution is 2.18. The van der Waals surface area contributed by atoms with Crippen LogP contribution in [0.1, 0.15) is 0 Å². The van der Waals surface area contributed by atoms with Crippen LogP contribution >= 0.6 is 27.5 Å². The summed E-state index contributed by atoms with van der Waals surface area (Å²) < 4.78 is 1.03. The van der Waals surface area contributed by atoms with Gasteiger partial charge in [-0.15, -0.1) is 0 Å². The second-order valence-electron chi connectivity index (χ2n) is 2.86. The lowest BCUT2D eigenvalue weighted by Crippen LogP contribution is -1.94. The quantitative estimate of drug-likeness (QED) is 0.915. The third-order valence-corrected chi connectivity index (χ3v) is 2.43. The molecule has 1 heterocycles. The SMILES string of the molecule is Clc1cncc(Nc2ccc(Br)cc2)n1. The first-order chi connectivity index (χ1) is 7.24. The Kier molecular flexibility index (Phi) is 3.18. The minimum absolute atomic E-state index is 0.372. The molecule has 2 rings (SSSR count). The Morgan fingerprint density at radius 3 is 2.53 bits per heavy atom. The van der Waals surface area contributed by atoms with Gasteiger partial charge in [0.2, 0.25) is 0 Å². The van der Waals surface area contributed by atoms with E-state index in [0.717, 1.165) is 10.2 Å². The van der Waals surface area contributed by atoms with Crippen molar-refractivity contribution in [2.45, 2.75) is 0 Å². The minimum atomic E-state index is 0.372. The summed E-state index contributed by atoms with van der Waals surface area (Å²) in [5.41, 5.74) is 0.940. The molecule has 0 bridgehead atoms. The lowest BCUT2D eigenvalue weighted by Gasteiger charge is -2.04. The Bertz CT molecular complexity index is 458. The van der Waals surface area contributed by atoms with E-state index in [-0.39, 0.29) is 0 Å². The van der Waals surface area contributed by atoms with Gasteiger partial charge in [-0.05, 0) is 24.3 Å². The highest BCUT2D eigenvalue weighted by atomic mass is 79.9. The topological polar surface area (TPSA) is 37.8 Å². The smallest absolute Gasteiger partial charge is 0.150 e. The van der Waals surface area contributed by atoms with Gasteiger partial charge in [-0.2, -0.15) is 0 Å². The second-order valence-corrected chi connectivity index (χ2v) is 4.16. The van der Waals surface area contributed by atoms with Crippen molar-refractivity contribution < 1.29 is 0 Å². The van der Waals surface area contributed by atoms with Crippen LogP contribution in [0.4, 0.5) is 11.5 Å². The Morgan fingerprint density at radius 1 is 1.13 bits per heavy atom. The normalized spacial score (nSPS) is 10.0. The lowest BCUT2D eigenvalue weighted by atomic mass is 10.3. The number of aromatic nitrogens is 2.